The maximum Gasteiger partial charge on any atom is 0.194 e. The molecular weight excluding hydrogens is 372 g/mol. The van der Waals surface area contributed by atoms with E-state index in [4.69, 9.17) is 4.74 Å². The summed E-state index contributed by atoms with van der Waals surface area (Å²) in [4.78, 5) is 12.5. The van der Waals surface area contributed by atoms with Crippen LogP contribution in [0.15, 0.2) is 45.3 Å². The van der Waals surface area contributed by atoms with E-state index in [0.29, 0.717) is 11.1 Å². The van der Waals surface area contributed by atoms with Crippen molar-refractivity contribution in [2.75, 3.05) is 7.11 Å². The van der Waals surface area contributed by atoms with Gasteiger partial charge in [-0.05, 0) is 52.7 Å². The van der Waals surface area contributed by atoms with Gasteiger partial charge in [-0.2, -0.15) is 0 Å². The van der Waals surface area contributed by atoms with Gasteiger partial charge in [0.1, 0.15) is 5.75 Å². The van der Waals surface area contributed by atoms with E-state index < -0.39 is 0 Å². The number of rotatable bonds is 3. The van der Waals surface area contributed by atoms with Crippen molar-refractivity contribution < 1.29 is 9.53 Å². The molecule has 0 heterocycles. The summed E-state index contributed by atoms with van der Waals surface area (Å²) in [5.41, 5.74) is 2.26. The van der Waals surface area contributed by atoms with Crippen molar-refractivity contribution in [3.63, 3.8) is 0 Å². The second-order valence-electron chi connectivity index (χ2n) is 4.09. The van der Waals surface area contributed by atoms with E-state index in [2.05, 4.69) is 31.9 Å². The number of ether oxygens (including phenoxy) is 1. The van der Waals surface area contributed by atoms with Crippen LogP contribution in [0.4, 0.5) is 0 Å². The predicted molar refractivity (Wildman–Crippen MR) is 83.0 cm³/mol. The van der Waals surface area contributed by atoms with Crippen LogP contribution in [-0.4, -0.2) is 12.9 Å². The van der Waals surface area contributed by atoms with E-state index in [1.165, 1.54) is 0 Å². The normalized spacial score (nSPS) is 10.3. The van der Waals surface area contributed by atoms with Gasteiger partial charge in [-0.15, -0.1) is 0 Å². The number of halogens is 2. The molecule has 0 bridgehead atoms. The Morgan fingerprint density at radius 2 is 1.79 bits per heavy atom. The Balaban J connectivity index is 2.47. The van der Waals surface area contributed by atoms with E-state index in [-0.39, 0.29) is 5.78 Å². The molecule has 19 heavy (non-hydrogen) atoms. The van der Waals surface area contributed by atoms with Gasteiger partial charge in [0.25, 0.3) is 0 Å². The molecule has 0 saturated carbocycles. The highest BCUT2D eigenvalue weighted by Crippen LogP contribution is 2.27. The molecule has 0 aromatic heterocycles. The molecule has 0 fully saturated rings. The topological polar surface area (TPSA) is 26.3 Å². The molecule has 0 aliphatic carbocycles. The summed E-state index contributed by atoms with van der Waals surface area (Å²) in [5.74, 6) is 0.711. The van der Waals surface area contributed by atoms with Gasteiger partial charge in [-0.3, -0.25) is 4.79 Å². The second-order valence-corrected chi connectivity index (χ2v) is 5.80. The zero-order chi connectivity index (χ0) is 14.0. The van der Waals surface area contributed by atoms with Gasteiger partial charge in [0.05, 0.1) is 7.11 Å². The molecular formula is C15H12Br2O2. The van der Waals surface area contributed by atoms with Crippen LogP contribution in [0.2, 0.25) is 0 Å². The van der Waals surface area contributed by atoms with Gasteiger partial charge < -0.3 is 4.74 Å². The second kappa shape index (κ2) is 5.88. The minimum atomic E-state index is -0.00618. The third-order valence-electron chi connectivity index (χ3n) is 2.93. The highest BCUT2D eigenvalue weighted by atomic mass is 79.9. The fraction of sp³-hybridized carbons (Fsp3) is 0.133. The molecule has 0 amide bonds. The first kappa shape index (κ1) is 14.3. The first-order valence-corrected chi connectivity index (χ1v) is 7.26. The molecule has 0 aliphatic heterocycles. The van der Waals surface area contributed by atoms with Crippen molar-refractivity contribution in [2.45, 2.75) is 6.92 Å². The SMILES string of the molecule is COc1ccc(C(=O)c2cccc(Br)c2C)c(Br)c1. The van der Waals surface area contributed by atoms with Crippen LogP contribution < -0.4 is 4.74 Å². The van der Waals surface area contributed by atoms with Crippen molar-refractivity contribution in [3.05, 3.63) is 62.0 Å². The summed E-state index contributed by atoms with van der Waals surface area (Å²) < 4.78 is 6.80. The van der Waals surface area contributed by atoms with Gasteiger partial charge in [0.2, 0.25) is 0 Å². The van der Waals surface area contributed by atoms with Crippen LogP contribution in [0.1, 0.15) is 21.5 Å². The number of hydrogen-bond donors (Lipinski definition) is 0. The molecule has 0 atom stereocenters. The van der Waals surface area contributed by atoms with Gasteiger partial charge >= 0.3 is 0 Å². The summed E-state index contributed by atoms with van der Waals surface area (Å²) in [6.45, 7) is 1.93. The number of carbonyl (C=O) groups excluding carboxylic acids is 1. The fourth-order valence-corrected chi connectivity index (χ4v) is 2.71. The van der Waals surface area contributed by atoms with Gasteiger partial charge in [0, 0.05) is 20.1 Å². The molecule has 0 unspecified atom stereocenters. The third-order valence-corrected chi connectivity index (χ3v) is 4.45. The fourth-order valence-electron chi connectivity index (χ4n) is 1.81. The van der Waals surface area contributed by atoms with Crippen LogP contribution in [-0.2, 0) is 0 Å². The maximum atomic E-state index is 12.5. The summed E-state index contributed by atoms with van der Waals surface area (Å²) in [7, 11) is 1.60. The molecule has 0 aliphatic rings. The van der Waals surface area contributed by atoms with Gasteiger partial charge in [0.15, 0.2) is 5.78 Å². The first-order valence-electron chi connectivity index (χ1n) is 5.68. The summed E-state index contributed by atoms with van der Waals surface area (Å²) in [5, 5.41) is 0. The van der Waals surface area contributed by atoms with Gasteiger partial charge in [-0.25, -0.2) is 0 Å². The Bertz CT molecular complexity index is 636. The average molecular weight is 384 g/mol. The number of methoxy groups -OCH3 is 1. The zero-order valence-electron chi connectivity index (χ0n) is 10.5. The molecule has 4 heteroatoms. The molecule has 0 spiro atoms. The van der Waals surface area contributed by atoms with Crippen LogP contribution in [0.5, 0.6) is 5.75 Å². The lowest BCUT2D eigenvalue weighted by Gasteiger charge is -2.09. The lowest BCUT2D eigenvalue weighted by Crippen LogP contribution is -2.05. The highest BCUT2D eigenvalue weighted by Gasteiger charge is 2.16. The number of carbonyl (C=O) groups is 1. The lowest BCUT2D eigenvalue weighted by atomic mass is 9.99. The zero-order valence-corrected chi connectivity index (χ0v) is 13.7. The minimum Gasteiger partial charge on any atom is -0.497 e. The van der Waals surface area contributed by atoms with E-state index in [0.717, 1.165) is 20.3 Å². The first-order chi connectivity index (χ1) is 9.04. The minimum absolute atomic E-state index is 0.00618. The van der Waals surface area contributed by atoms with Crippen molar-refractivity contribution in [2.24, 2.45) is 0 Å². The Morgan fingerprint density at radius 1 is 1.05 bits per heavy atom. The molecule has 0 radical (unpaired) electrons. The molecule has 2 rings (SSSR count). The molecule has 2 aromatic rings. The van der Waals surface area contributed by atoms with Crippen molar-refractivity contribution in [1.29, 1.82) is 0 Å². The Morgan fingerprint density at radius 3 is 2.42 bits per heavy atom. The predicted octanol–water partition coefficient (Wildman–Crippen LogP) is 4.76. The Hall–Kier alpha value is -1.13. The quantitative estimate of drug-likeness (QED) is 0.714. The number of ketones is 1. The van der Waals surface area contributed by atoms with Crippen LogP contribution >= 0.6 is 31.9 Å². The smallest absolute Gasteiger partial charge is 0.194 e. The van der Waals surface area contributed by atoms with Crippen molar-refractivity contribution in [1.82, 2.24) is 0 Å². The maximum absolute atomic E-state index is 12.5. The van der Waals surface area contributed by atoms with Crippen LogP contribution in [0.25, 0.3) is 0 Å². The molecule has 2 nitrogen and oxygen atoms in total. The van der Waals surface area contributed by atoms with Gasteiger partial charge in [-0.1, -0.05) is 28.1 Å². The van der Waals surface area contributed by atoms with Crippen LogP contribution in [0.3, 0.4) is 0 Å². The van der Waals surface area contributed by atoms with E-state index in [1.54, 1.807) is 25.3 Å². The summed E-state index contributed by atoms with van der Waals surface area (Å²) >= 11 is 6.86. The monoisotopic (exact) mass is 382 g/mol. The molecule has 2 aromatic carbocycles. The highest BCUT2D eigenvalue weighted by molar-refractivity contribution is 9.10. The summed E-state index contributed by atoms with van der Waals surface area (Å²) in [6, 6.07) is 11.0. The van der Waals surface area contributed by atoms with Crippen molar-refractivity contribution in [3.8, 4) is 5.75 Å². The standard InChI is InChI=1S/C15H12Br2O2/c1-9-11(4-3-5-13(9)16)15(18)12-7-6-10(19-2)8-14(12)17/h3-8H,1-2H3. The molecule has 98 valence electrons. The number of hydrogen-bond acceptors (Lipinski definition) is 2. The Kier molecular flexibility index (Phi) is 4.42. The summed E-state index contributed by atoms with van der Waals surface area (Å²) in [6.07, 6.45) is 0. The van der Waals surface area contributed by atoms with Crippen LogP contribution in [0, 0.1) is 6.92 Å². The van der Waals surface area contributed by atoms with E-state index >= 15 is 0 Å². The van der Waals surface area contributed by atoms with E-state index in [9.17, 15) is 4.79 Å². The average Bonchev–Trinajstić information content (AvgIpc) is 2.41. The lowest BCUT2D eigenvalue weighted by molar-refractivity contribution is 0.103. The molecule has 0 saturated heterocycles. The van der Waals surface area contributed by atoms with E-state index in [1.807, 2.05) is 25.1 Å². The molecule has 0 N–H and O–H groups in total. The van der Waals surface area contributed by atoms with Crippen molar-refractivity contribution >= 4 is 37.6 Å². The largest absolute Gasteiger partial charge is 0.497 e. The Labute approximate surface area is 129 Å². The number of benzene rings is 2. The third kappa shape index (κ3) is 2.90.